The highest BCUT2D eigenvalue weighted by Gasteiger charge is 2.42. The number of hydrogen-bond acceptors (Lipinski definition) is 6. The number of halogens is 1. The predicted octanol–water partition coefficient (Wildman–Crippen LogP) is -1.42. The van der Waals surface area contributed by atoms with Crippen LogP contribution < -0.4 is 21.7 Å². The summed E-state index contributed by atoms with van der Waals surface area (Å²) in [4.78, 5) is 35.3. The standard InChI is InChI=1S/C11H22N4O3S2.ClH/c1-11(14-3,10(12)18)6(4-19)8(16)15-7(5-20)9(17)13-2;/h6-7,14,19-20H,4-5H2,1-3H3,(H2,12,18)(H,13,17)(H,15,16);1H/t6-,7-,11?;/m0./s1. The molecule has 21 heavy (non-hydrogen) atoms. The van der Waals surface area contributed by atoms with Gasteiger partial charge < -0.3 is 21.7 Å². The van der Waals surface area contributed by atoms with E-state index in [9.17, 15) is 14.4 Å². The topological polar surface area (TPSA) is 113 Å². The van der Waals surface area contributed by atoms with Crippen LogP contribution in [0.15, 0.2) is 0 Å². The summed E-state index contributed by atoms with van der Waals surface area (Å²) in [5.74, 6) is -2.11. The Bertz CT molecular complexity index is 386. The zero-order valence-electron chi connectivity index (χ0n) is 12.2. The fraction of sp³-hybridized carbons (Fsp3) is 0.727. The second-order valence-corrected chi connectivity index (χ2v) is 5.14. The summed E-state index contributed by atoms with van der Waals surface area (Å²) in [5, 5.41) is 7.70. The van der Waals surface area contributed by atoms with Gasteiger partial charge in [-0.05, 0) is 14.0 Å². The number of hydrogen-bond donors (Lipinski definition) is 6. The van der Waals surface area contributed by atoms with E-state index >= 15 is 0 Å². The summed E-state index contributed by atoms with van der Waals surface area (Å²) in [6.07, 6.45) is 0. The molecule has 0 aromatic carbocycles. The average Bonchev–Trinajstić information content (AvgIpc) is 2.43. The second-order valence-electron chi connectivity index (χ2n) is 4.41. The number of primary amides is 1. The van der Waals surface area contributed by atoms with Gasteiger partial charge in [0.1, 0.15) is 11.6 Å². The Morgan fingerprint density at radius 3 is 1.95 bits per heavy atom. The second kappa shape index (κ2) is 10.1. The molecule has 0 spiro atoms. The van der Waals surface area contributed by atoms with Crippen LogP contribution in [-0.2, 0) is 14.4 Å². The molecule has 10 heteroatoms. The van der Waals surface area contributed by atoms with Gasteiger partial charge in [-0.3, -0.25) is 14.4 Å². The van der Waals surface area contributed by atoms with Crippen LogP contribution in [0, 0.1) is 5.92 Å². The molecule has 3 atom stereocenters. The normalized spacial score (nSPS) is 15.9. The molecule has 1 unspecified atom stereocenters. The van der Waals surface area contributed by atoms with Crippen molar-refractivity contribution >= 4 is 55.4 Å². The fourth-order valence-corrected chi connectivity index (χ4v) is 2.43. The number of nitrogens with one attached hydrogen (secondary N) is 3. The summed E-state index contributed by atoms with van der Waals surface area (Å²) >= 11 is 8.11. The van der Waals surface area contributed by atoms with E-state index in [1.807, 2.05) is 0 Å². The molecule has 0 saturated carbocycles. The molecule has 0 rings (SSSR count). The largest absolute Gasteiger partial charge is 0.368 e. The Morgan fingerprint density at radius 1 is 1.14 bits per heavy atom. The third kappa shape index (κ3) is 5.57. The lowest BCUT2D eigenvalue weighted by atomic mass is 9.85. The maximum atomic E-state index is 12.3. The van der Waals surface area contributed by atoms with Crippen LogP contribution in [0.2, 0.25) is 0 Å². The summed E-state index contributed by atoms with van der Waals surface area (Å²) in [5.41, 5.74) is 4.08. The minimum absolute atomic E-state index is 0. The van der Waals surface area contributed by atoms with Gasteiger partial charge in [-0.1, -0.05) is 0 Å². The lowest BCUT2D eigenvalue weighted by Crippen LogP contribution is -2.62. The van der Waals surface area contributed by atoms with Crippen LogP contribution in [0.5, 0.6) is 0 Å². The van der Waals surface area contributed by atoms with E-state index in [4.69, 9.17) is 5.73 Å². The first-order valence-electron chi connectivity index (χ1n) is 6.00. The molecular weight excluding hydrogens is 336 g/mol. The lowest BCUT2D eigenvalue weighted by Gasteiger charge is -2.33. The van der Waals surface area contributed by atoms with E-state index in [1.54, 1.807) is 0 Å². The molecule has 0 radical (unpaired) electrons. The predicted molar refractivity (Wildman–Crippen MR) is 91.1 cm³/mol. The van der Waals surface area contributed by atoms with Gasteiger partial charge in [-0.15, -0.1) is 12.4 Å². The SMILES string of the molecule is CNC(=O)[C@H](CS)NC(=O)[C@H](CS)C(C)(NC)C(N)=O.Cl. The highest BCUT2D eigenvalue weighted by molar-refractivity contribution is 7.80. The molecule has 7 nitrogen and oxygen atoms in total. The molecule has 5 N–H and O–H groups in total. The van der Waals surface area contributed by atoms with Gasteiger partial charge in [0.25, 0.3) is 0 Å². The molecule has 0 saturated heterocycles. The van der Waals surface area contributed by atoms with E-state index in [0.29, 0.717) is 0 Å². The molecule has 0 aromatic rings. The molecule has 0 fully saturated rings. The maximum absolute atomic E-state index is 12.3. The molecule has 0 bridgehead atoms. The van der Waals surface area contributed by atoms with E-state index in [0.717, 1.165) is 0 Å². The van der Waals surface area contributed by atoms with Crippen LogP contribution in [0.1, 0.15) is 6.92 Å². The minimum atomic E-state index is -1.25. The Labute approximate surface area is 141 Å². The van der Waals surface area contributed by atoms with Crippen LogP contribution in [0.3, 0.4) is 0 Å². The van der Waals surface area contributed by atoms with Gasteiger partial charge >= 0.3 is 0 Å². The number of rotatable bonds is 8. The van der Waals surface area contributed by atoms with E-state index in [-0.39, 0.29) is 29.8 Å². The third-order valence-electron chi connectivity index (χ3n) is 3.29. The van der Waals surface area contributed by atoms with Crippen molar-refractivity contribution in [3.8, 4) is 0 Å². The first kappa shape index (κ1) is 22.6. The molecule has 0 aliphatic heterocycles. The summed E-state index contributed by atoms with van der Waals surface area (Å²) < 4.78 is 0. The van der Waals surface area contributed by atoms with Gasteiger partial charge in [0.15, 0.2) is 0 Å². The van der Waals surface area contributed by atoms with Crippen molar-refractivity contribution in [3.63, 3.8) is 0 Å². The van der Waals surface area contributed by atoms with Crippen molar-refractivity contribution in [2.45, 2.75) is 18.5 Å². The zero-order valence-corrected chi connectivity index (χ0v) is 14.8. The number of likely N-dealkylation sites (N-methyl/N-ethyl adjacent to an activating group) is 2. The molecule has 0 aliphatic carbocycles. The smallest absolute Gasteiger partial charge is 0.243 e. The molecule has 3 amide bonds. The highest BCUT2D eigenvalue weighted by atomic mass is 35.5. The van der Waals surface area contributed by atoms with Crippen LogP contribution >= 0.6 is 37.7 Å². The fourth-order valence-electron chi connectivity index (χ4n) is 1.64. The van der Waals surface area contributed by atoms with E-state index < -0.39 is 29.3 Å². The maximum Gasteiger partial charge on any atom is 0.243 e. The zero-order chi connectivity index (χ0) is 15.9. The first-order valence-corrected chi connectivity index (χ1v) is 7.27. The van der Waals surface area contributed by atoms with Crippen LogP contribution in [-0.4, -0.2) is 54.9 Å². The summed E-state index contributed by atoms with van der Waals surface area (Å²) in [6, 6.07) is -0.785. The highest BCUT2D eigenvalue weighted by Crippen LogP contribution is 2.19. The van der Waals surface area contributed by atoms with E-state index in [1.165, 1.54) is 21.0 Å². The number of thiol groups is 2. The van der Waals surface area contributed by atoms with Crippen molar-refractivity contribution < 1.29 is 14.4 Å². The van der Waals surface area contributed by atoms with E-state index in [2.05, 4.69) is 41.2 Å². The minimum Gasteiger partial charge on any atom is -0.368 e. The van der Waals surface area contributed by atoms with Gasteiger partial charge in [0.05, 0.1) is 5.92 Å². The first-order chi connectivity index (χ1) is 9.28. The average molecular weight is 359 g/mol. The van der Waals surface area contributed by atoms with Gasteiger partial charge in [0, 0.05) is 18.6 Å². The summed E-state index contributed by atoms with van der Waals surface area (Å²) in [7, 11) is 2.99. The molecule has 124 valence electrons. The molecule has 0 aliphatic rings. The van der Waals surface area contributed by atoms with Crippen molar-refractivity contribution in [1.29, 1.82) is 0 Å². The van der Waals surface area contributed by atoms with Crippen molar-refractivity contribution in [2.75, 3.05) is 25.6 Å². The van der Waals surface area contributed by atoms with Crippen molar-refractivity contribution in [3.05, 3.63) is 0 Å². The van der Waals surface area contributed by atoms with Gasteiger partial charge in [-0.25, -0.2) is 0 Å². The van der Waals surface area contributed by atoms with Crippen LogP contribution in [0.4, 0.5) is 0 Å². The monoisotopic (exact) mass is 358 g/mol. The Morgan fingerprint density at radius 2 is 1.67 bits per heavy atom. The Hall–Kier alpha value is -0.640. The third-order valence-corrected chi connectivity index (χ3v) is 4.02. The molecule has 0 heterocycles. The number of nitrogens with two attached hydrogens (primary N) is 1. The lowest BCUT2D eigenvalue weighted by molar-refractivity contribution is -0.136. The number of carbonyl (C=O) groups excluding carboxylic acids is 3. The number of amides is 3. The van der Waals surface area contributed by atoms with Gasteiger partial charge in [-0.2, -0.15) is 25.3 Å². The number of carbonyl (C=O) groups is 3. The van der Waals surface area contributed by atoms with Crippen LogP contribution in [0.25, 0.3) is 0 Å². The van der Waals surface area contributed by atoms with Crippen molar-refractivity contribution in [2.24, 2.45) is 11.7 Å². The molecular formula is C11H23ClN4O3S2. The quantitative estimate of drug-likeness (QED) is 0.299. The Balaban J connectivity index is 0. The Kier molecular flexibility index (Phi) is 10.9. The van der Waals surface area contributed by atoms with Crippen molar-refractivity contribution in [1.82, 2.24) is 16.0 Å². The molecule has 0 aromatic heterocycles. The van der Waals surface area contributed by atoms with Gasteiger partial charge in [0.2, 0.25) is 17.7 Å². The summed E-state index contributed by atoms with van der Waals surface area (Å²) in [6.45, 7) is 1.52.